The third kappa shape index (κ3) is 8.58. The Bertz CT molecular complexity index is 1200. The molecule has 0 N–H and O–H groups in total. The first kappa shape index (κ1) is 31.7. The van der Waals surface area contributed by atoms with Gasteiger partial charge in [0.25, 0.3) is 0 Å². The van der Waals surface area contributed by atoms with E-state index in [1.54, 1.807) is 36.4 Å². The van der Waals surface area contributed by atoms with Crippen LogP contribution in [0.25, 0.3) is 0 Å². The van der Waals surface area contributed by atoms with Gasteiger partial charge in [0.1, 0.15) is 31.3 Å². The van der Waals surface area contributed by atoms with Crippen LogP contribution in [0.15, 0.2) is 49.6 Å². The number of esters is 1. The molecule has 2 aromatic rings. The molecule has 1 heterocycles. The molecule has 1 fully saturated rings. The highest BCUT2D eigenvalue weighted by molar-refractivity contribution is 6.13. The van der Waals surface area contributed by atoms with Crippen molar-refractivity contribution in [1.29, 1.82) is 0 Å². The molecule has 1 saturated heterocycles. The molecule has 1 aliphatic rings. The number of carbonyl (C=O) groups excluding carboxylic acids is 2. The van der Waals surface area contributed by atoms with Crippen LogP contribution in [0.3, 0.4) is 0 Å². The standard InChI is InChI=1S/C32H40O9/c1-6-14-37-26-21-28(38-15-7-2)31(24(23(26)8-3)20-29(33)36-5)32(34)22-12-13-25(27(19-22)35-4)39-17-18-41-30-11-9-10-16-40-30/h6-7,12-13,19,21,30H,1-2,8-11,14-18,20H2,3-5H3. The van der Waals surface area contributed by atoms with Gasteiger partial charge in [0, 0.05) is 18.2 Å². The molecule has 9 nitrogen and oxygen atoms in total. The van der Waals surface area contributed by atoms with Crippen LogP contribution in [0.1, 0.15) is 53.2 Å². The molecule has 1 aliphatic heterocycles. The molecule has 3 rings (SSSR count). The van der Waals surface area contributed by atoms with Crippen molar-refractivity contribution in [1.82, 2.24) is 0 Å². The minimum atomic E-state index is -0.494. The molecule has 0 aliphatic carbocycles. The van der Waals surface area contributed by atoms with Crippen LogP contribution in [-0.4, -0.2) is 65.3 Å². The van der Waals surface area contributed by atoms with Gasteiger partial charge in [-0.2, -0.15) is 0 Å². The van der Waals surface area contributed by atoms with Crippen molar-refractivity contribution in [3.63, 3.8) is 0 Å². The molecule has 1 unspecified atom stereocenters. The van der Waals surface area contributed by atoms with E-state index >= 15 is 0 Å². The SMILES string of the molecule is C=CCOc1cc(OCC=C)c(C(=O)c2ccc(OCCOC3CCCCO3)c(OC)c2)c(CC(=O)OC)c1CC. The Morgan fingerprint density at radius 2 is 1.68 bits per heavy atom. The van der Waals surface area contributed by atoms with Crippen LogP contribution < -0.4 is 18.9 Å². The van der Waals surface area contributed by atoms with E-state index in [0.717, 1.165) is 19.3 Å². The van der Waals surface area contributed by atoms with Crippen molar-refractivity contribution in [2.75, 3.05) is 47.3 Å². The summed E-state index contributed by atoms with van der Waals surface area (Å²) in [6.45, 7) is 11.1. The zero-order valence-electron chi connectivity index (χ0n) is 24.2. The summed E-state index contributed by atoms with van der Waals surface area (Å²) in [4.78, 5) is 26.6. The number of methoxy groups -OCH3 is 2. The number of rotatable bonds is 17. The predicted octanol–water partition coefficient (Wildman–Crippen LogP) is 5.26. The smallest absolute Gasteiger partial charge is 0.310 e. The van der Waals surface area contributed by atoms with E-state index in [-0.39, 0.29) is 43.0 Å². The quantitative estimate of drug-likeness (QED) is 0.110. The van der Waals surface area contributed by atoms with Gasteiger partial charge in [-0.3, -0.25) is 9.59 Å². The van der Waals surface area contributed by atoms with Crippen LogP contribution in [0.2, 0.25) is 0 Å². The highest BCUT2D eigenvalue weighted by Gasteiger charge is 2.27. The highest BCUT2D eigenvalue weighted by Crippen LogP contribution is 2.38. The van der Waals surface area contributed by atoms with Gasteiger partial charge >= 0.3 is 5.97 Å². The Hall–Kier alpha value is -3.82. The van der Waals surface area contributed by atoms with Crippen molar-refractivity contribution in [3.05, 3.63) is 71.8 Å². The molecule has 0 aromatic heterocycles. The predicted molar refractivity (Wildman–Crippen MR) is 154 cm³/mol. The van der Waals surface area contributed by atoms with Crippen molar-refractivity contribution in [2.45, 2.75) is 45.3 Å². The van der Waals surface area contributed by atoms with Gasteiger partial charge in [-0.1, -0.05) is 32.2 Å². The number of ether oxygens (including phenoxy) is 7. The Kier molecular flexibility index (Phi) is 12.7. The minimum absolute atomic E-state index is 0.139. The van der Waals surface area contributed by atoms with Gasteiger partial charge in [0.15, 0.2) is 23.6 Å². The van der Waals surface area contributed by atoms with Gasteiger partial charge in [-0.25, -0.2) is 0 Å². The van der Waals surface area contributed by atoms with Gasteiger partial charge in [-0.15, -0.1) is 0 Å². The number of hydrogen-bond donors (Lipinski definition) is 0. The summed E-state index contributed by atoms with van der Waals surface area (Å²) in [5.41, 5.74) is 1.76. The lowest BCUT2D eigenvalue weighted by molar-refractivity contribution is -0.165. The van der Waals surface area contributed by atoms with E-state index in [9.17, 15) is 9.59 Å². The molecule has 0 amide bonds. The molecular weight excluding hydrogens is 528 g/mol. The third-order valence-electron chi connectivity index (χ3n) is 6.52. The van der Waals surface area contributed by atoms with E-state index < -0.39 is 5.97 Å². The summed E-state index contributed by atoms with van der Waals surface area (Å²) in [7, 11) is 2.81. The number of carbonyl (C=O) groups is 2. The summed E-state index contributed by atoms with van der Waals surface area (Å²) in [5.74, 6) is 0.782. The zero-order valence-corrected chi connectivity index (χ0v) is 24.2. The first-order valence-electron chi connectivity index (χ1n) is 13.8. The Balaban J connectivity index is 1.95. The van der Waals surface area contributed by atoms with Gasteiger partial charge in [0.05, 0.1) is 32.8 Å². The number of benzene rings is 2. The fraction of sp³-hybridized carbons (Fsp3) is 0.438. The molecule has 0 bridgehead atoms. The second kappa shape index (κ2) is 16.4. The summed E-state index contributed by atoms with van der Waals surface area (Å²) in [6, 6.07) is 6.61. The van der Waals surface area contributed by atoms with E-state index in [0.29, 0.717) is 60.2 Å². The Morgan fingerprint density at radius 3 is 2.32 bits per heavy atom. The summed E-state index contributed by atoms with van der Waals surface area (Å²) >= 11 is 0. The lowest BCUT2D eigenvalue weighted by Gasteiger charge is -2.22. The fourth-order valence-corrected chi connectivity index (χ4v) is 4.56. The maximum absolute atomic E-state index is 14.1. The maximum Gasteiger partial charge on any atom is 0.310 e. The fourth-order valence-electron chi connectivity index (χ4n) is 4.56. The maximum atomic E-state index is 14.1. The van der Waals surface area contributed by atoms with Crippen LogP contribution in [0, 0.1) is 0 Å². The molecule has 1 atom stereocenters. The third-order valence-corrected chi connectivity index (χ3v) is 6.52. The second-order valence-corrected chi connectivity index (χ2v) is 9.22. The average Bonchev–Trinajstić information content (AvgIpc) is 3.00. The number of hydrogen-bond acceptors (Lipinski definition) is 9. The minimum Gasteiger partial charge on any atom is -0.493 e. The summed E-state index contributed by atoms with van der Waals surface area (Å²) < 4.78 is 39.5. The van der Waals surface area contributed by atoms with Crippen molar-refractivity contribution in [2.24, 2.45) is 0 Å². The molecule has 0 radical (unpaired) electrons. The monoisotopic (exact) mass is 568 g/mol. The topological polar surface area (TPSA) is 98.8 Å². The normalized spacial score (nSPS) is 14.6. The summed E-state index contributed by atoms with van der Waals surface area (Å²) in [5, 5.41) is 0. The van der Waals surface area contributed by atoms with E-state index in [1.807, 2.05) is 6.92 Å². The molecule has 9 heteroatoms. The van der Waals surface area contributed by atoms with E-state index in [4.69, 9.17) is 33.2 Å². The van der Waals surface area contributed by atoms with Gasteiger partial charge in [-0.05, 0) is 55.0 Å². The van der Waals surface area contributed by atoms with Crippen LogP contribution in [-0.2, 0) is 31.8 Å². The molecule has 41 heavy (non-hydrogen) atoms. The van der Waals surface area contributed by atoms with Gasteiger partial charge in [0.2, 0.25) is 0 Å². The molecule has 0 saturated carbocycles. The molecule has 222 valence electrons. The average molecular weight is 569 g/mol. The Labute approximate surface area is 242 Å². The summed E-state index contributed by atoms with van der Waals surface area (Å²) in [6.07, 6.45) is 6.37. The van der Waals surface area contributed by atoms with Crippen LogP contribution >= 0.6 is 0 Å². The number of ketones is 1. The molecule has 2 aromatic carbocycles. The van der Waals surface area contributed by atoms with E-state index in [1.165, 1.54) is 14.2 Å². The highest BCUT2D eigenvalue weighted by atomic mass is 16.7. The molecular formula is C32H40O9. The first-order chi connectivity index (χ1) is 20.0. The van der Waals surface area contributed by atoms with Crippen molar-refractivity contribution >= 4 is 11.8 Å². The lowest BCUT2D eigenvalue weighted by Crippen LogP contribution is -2.24. The largest absolute Gasteiger partial charge is 0.493 e. The second-order valence-electron chi connectivity index (χ2n) is 9.22. The van der Waals surface area contributed by atoms with Crippen LogP contribution in [0.4, 0.5) is 0 Å². The van der Waals surface area contributed by atoms with Crippen molar-refractivity contribution < 1.29 is 42.7 Å². The van der Waals surface area contributed by atoms with Gasteiger partial charge < -0.3 is 33.2 Å². The van der Waals surface area contributed by atoms with Crippen LogP contribution in [0.5, 0.6) is 23.0 Å². The Morgan fingerprint density at radius 1 is 0.927 bits per heavy atom. The van der Waals surface area contributed by atoms with Crippen molar-refractivity contribution in [3.8, 4) is 23.0 Å². The lowest BCUT2D eigenvalue weighted by atomic mass is 9.90. The van der Waals surface area contributed by atoms with E-state index in [2.05, 4.69) is 13.2 Å². The molecule has 0 spiro atoms. The zero-order chi connectivity index (χ0) is 29.6. The first-order valence-corrected chi connectivity index (χ1v) is 13.8.